The van der Waals surface area contributed by atoms with E-state index in [2.05, 4.69) is 39.9 Å². The fourth-order valence-electron chi connectivity index (χ4n) is 4.41. The van der Waals surface area contributed by atoms with E-state index in [0.29, 0.717) is 0 Å². The van der Waals surface area contributed by atoms with Crippen molar-refractivity contribution in [2.45, 2.75) is 0 Å². The smallest absolute Gasteiger partial charge is 0.190 e. The summed E-state index contributed by atoms with van der Waals surface area (Å²) in [7, 11) is 0. The summed E-state index contributed by atoms with van der Waals surface area (Å²) in [5, 5.41) is 0. The van der Waals surface area contributed by atoms with Crippen LogP contribution in [0.25, 0.3) is 45.2 Å². The zero-order chi connectivity index (χ0) is 26.0. The van der Waals surface area contributed by atoms with Gasteiger partial charge in [-0.3, -0.25) is 19.2 Å². The molecule has 5 heterocycles. The SMILES string of the molecule is O=C1C=CC(=O)c2c1c1nc3cccc(n3)nc3[nH]c(nc4cccc(n4)nc2[nH]1)c1c3C(=O)C=CC1=O. The maximum atomic E-state index is 12.7. The molecular formula is C26H12N8O4. The van der Waals surface area contributed by atoms with E-state index in [1.54, 1.807) is 36.4 Å². The molecule has 2 aliphatic carbocycles. The summed E-state index contributed by atoms with van der Waals surface area (Å²) < 4.78 is 0. The number of carbonyl (C=O) groups is 4. The molecule has 0 aliphatic heterocycles. The Labute approximate surface area is 210 Å². The van der Waals surface area contributed by atoms with Crippen LogP contribution in [0.1, 0.15) is 41.4 Å². The van der Waals surface area contributed by atoms with Crippen LogP contribution in [0.3, 0.4) is 0 Å². The second kappa shape index (κ2) is 7.86. The number of hydrogen-bond acceptors (Lipinski definition) is 10. The predicted molar refractivity (Wildman–Crippen MR) is 134 cm³/mol. The van der Waals surface area contributed by atoms with E-state index in [4.69, 9.17) is 0 Å². The van der Waals surface area contributed by atoms with Gasteiger partial charge in [0.2, 0.25) is 0 Å². The number of rotatable bonds is 0. The zero-order valence-electron chi connectivity index (χ0n) is 19.1. The summed E-state index contributed by atoms with van der Waals surface area (Å²) >= 11 is 0. The normalized spacial score (nSPS) is 14.3. The fraction of sp³-hybridized carbons (Fsp3) is 0. The van der Waals surface area contributed by atoms with Crippen LogP contribution < -0.4 is 0 Å². The van der Waals surface area contributed by atoms with Crippen LogP contribution in [-0.4, -0.2) is 63.0 Å². The highest BCUT2D eigenvalue weighted by Gasteiger charge is 2.28. The van der Waals surface area contributed by atoms with Gasteiger partial charge in [-0.1, -0.05) is 12.1 Å². The van der Waals surface area contributed by atoms with E-state index >= 15 is 0 Å². The first-order chi connectivity index (χ1) is 18.4. The van der Waals surface area contributed by atoms with Crippen LogP contribution in [-0.2, 0) is 0 Å². The molecule has 0 saturated carbocycles. The molecule has 180 valence electrons. The Bertz CT molecular complexity index is 1830. The Morgan fingerprint density at radius 1 is 0.395 bits per heavy atom. The van der Waals surface area contributed by atoms with Gasteiger partial charge in [0.15, 0.2) is 45.7 Å². The maximum absolute atomic E-state index is 12.7. The first-order valence-corrected chi connectivity index (χ1v) is 11.3. The van der Waals surface area contributed by atoms with Gasteiger partial charge in [-0.15, -0.1) is 0 Å². The standard InChI is InChI=1S/C26H12N8O4/c35-11-7-9-13(37)21-19(11)23-29-15-3-1-4-16(27-15)30-24-20-12(36)8-10-14(38)22(20)26(34-24)32-18-6-2-5-17(28-18)31-25(21)33-23/h1-10H,(H2,27,28,29,30,31,32,33,34). The van der Waals surface area contributed by atoms with Crippen LogP contribution in [0.5, 0.6) is 0 Å². The third kappa shape index (κ3) is 3.32. The minimum absolute atomic E-state index is 0.0732. The van der Waals surface area contributed by atoms with Gasteiger partial charge in [0.1, 0.15) is 22.6 Å². The number of H-pyrrole nitrogens is 2. The number of nitrogens with one attached hydrogen (secondary N) is 2. The van der Waals surface area contributed by atoms with Gasteiger partial charge in [-0.05, 0) is 48.6 Å². The van der Waals surface area contributed by atoms with Gasteiger partial charge in [-0.25, -0.2) is 29.9 Å². The second-order valence-electron chi connectivity index (χ2n) is 8.42. The molecule has 2 aliphatic rings. The molecule has 0 saturated heterocycles. The van der Waals surface area contributed by atoms with Crippen LogP contribution >= 0.6 is 0 Å². The molecule has 12 nitrogen and oxygen atoms in total. The van der Waals surface area contributed by atoms with Crippen molar-refractivity contribution in [1.82, 2.24) is 39.9 Å². The summed E-state index contributed by atoms with van der Waals surface area (Å²) in [5.41, 5.74) is 1.41. The van der Waals surface area contributed by atoms with Crippen LogP contribution in [0.4, 0.5) is 0 Å². The average Bonchev–Trinajstić information content (AvgIpc) is 3.43. The molecule has 8 bridgehead atoms. The lowest BCUT2D eigenvalue weighted by atomic mass is 9.99. The van der Waals surface area contributed by atoms with Crippen molar-refractivity contribution in [3.63, 3.8) is 0 Å². The lowest BCUT2D eigenvalue weighted by Crippen LogP contribution is -2.10. The highest BCUT2D eigenvalue weighted by atomic mass is 16.1. The van der Waals surface area contributed by atoms with Crippen LogP contribution in [0.2, 0.25) is 0 Å². The maximum Gasteiger partial charge on any atom is 0.190 e. The lowest BCUT2D eigenvalue weighted by Gasteiger charge is -2.02. The molecule has 0 fully saturated rings. The van der Waals surface area contributed by atoms with Crippen molar-refractivity contribution in [3.8, 4) is 0 Å². The summed E-state index contributed by atoms with van der Waals surface area (Å²) in [5.74, 6) is -1.64. The number of carbonyl (C=O) groups excluding carboxylic acids is 4. The number of aromatic amines is 2. The van der Waals surface area contributed by atoms with Crippen molar-refractivity contribution in [1.29, 1.82) is 0 Å². The molecule has 0 spiro atoms. The Kier molecular flexibility index (Phi) is 4.45. The number of allylic oxidation sites excluding steroid dienone is 4. The summed E-state index contributed by atoms with van der Waals surface area (Å²) in [6, 6.07) is 9.64. The van der Waals surface area contributed by atoms with E-state index in [1.807, 2.05) is 0 Å². The quantitative estimate of drug-likeness (QED) is 0.321. The van der Waals surface area contributed by atoms with E-state index < -0.39 is 23.1 Å². The highest BCUT2D eigenvalue weighted by molar-refractivity contribution is 6.28. The Morgan fingerprint density at radius 3 is 0.921 bits per heavy atom. The van der Waals surface area contributed by atoms with Crippen molar-refractivity contribution in [3.05, 3.63) is 83.0 Å². The minimum atomic E-state index is -0.409. The van der Waals surface area contributed by atoms with Crippen LogP contribution in [0.15, 0.2) is 60.7 Å². The van der Waals surface area contributed by atoms with Gasteiger partial charge in [-0.2, -0.15) is 0 Å². The van der Waals surface area contributed by atoms with Gasteiger partial charge in [0.25, 0.3) is 0 Å². The van der Waals surface area contributed by atoms with Gasteiger partial charge in [0.05, 0.1) is 22.3 Å². The number of pyridine rings is 2. The molecular weight excluding hydrogens is 488 g/mol. The van der Waals surface area contributed by atoms with Gasteiger partial charge < -0.3 is 9.97 Å². The molecule has 2 N–H and O–H groups in total. The highest BCUT2D eigenvalue weighted by Crippen LogP contribution is 2.26. The summed E-state index contributed by atoms with van der Waals surface area (Å²) in [4.78, 5) is 83.5. The van der Waals surface area contributed by atoms with E-state index in [1.165, 1.54) is 24.3 Å². The fourth-order valence-corrected chi connectivity index (χ4v) is 4.41. The monoisotopic (exact) mass is 500 g/mol. The van der Waals surface area contributed by atoms with Crippen molar-refractivity contribution >= 4 is 68.3 Å². The molecule has 12 heteroatoms. The van der Waals surface area contributed by atoms with Gasteiger partial charge in [0, 0.05) is 0 Å². The molecule has 0 amide bonds. The van der Waals surface area contributed by atoms with Crippen molar-refractivity contribution in [2.24, 2.45) is 0 Å². The number of hydrogen-bond donors (Lipinski definition) is 2. The summed E-state index contributed by atoms with van der Waals surface area (Å²) in [6.07, 6.45) is 4.72. The summed E-state index contributed by atoms with van der Waals surface area (Å²) in [6.45, 7) is 0. The number of ketones is 4. The molecule has 38 heavy (non-hydrogen) atoms. The van der Waals surface area contributed by atoms with E-state index in [9.17, 15) is 19.2 Å². The van der Waals surface area contributed by atoms with Gasteiger partial charge >= 0.3 is 0 Å². The largest absolute Gasteiger partial charge is 0.324 e. The third-order valence-electron chi connectivity index (χ3n) is 6.02. The molecule has 0 aromatic carbocycles. The van der Waals surface area contributed by atoms with Crippen molar-refractivity contribution in [2.75, 3.05) is 0 Å². The molecule has 5 aromatic rings. The van der Waals surface area contributed by atoms with E-state index in [0.717, 1.165) is 0 Å². The second-order valence-corrected chi connectivity index (χ2v) is 8.42. The minimum Gasteiger partial charge on any atom is -0.324 e. The molecule has 0 radical (unpaired) electrons. The lowest BCUT2D eigenvalue weighted by molar-refractivity contribution is 0.0996. The molecule has 5 aromatic heterocycles. The molecule has 0 unspecified atom stereocenters. The van der Waals surface area contributed by atoms with Crippen LogP contribution in [0, 0.1) is 0 Å². The zero-order valence-corrected chi connectivity index (χ0v) is 19.1. The number of aromatic nitrogens is 8. The predicted octanol–water partition coefficient (Wildman–Crippen LogP) is 2.88. The number of nitrogens with zero attached hydrogens (tertiary/aromatic N) is 6. The topological polar surface area (TPSA) is 177 Å². The Morgan fingerprint density at radius 2 is 0.658 bits per heavy atom. The third-order valence-corrected chi connectivity index (χ3v) is 6.02. The Hall–Kier alpha value is -5.78. The molecule has 0 atom stereocenters. The first kappa shape index (κ1) is 21.5. The molecule has 7 rings (SSSR count). The first-order valence-electron chi connectivity index (χ1n) is 11.3. The Balaban J connectivity index is 1.68. The average molecular weight is 500 g/mol. The van der Waals surface area contributed by atoms with E-state index in [-0.39, 0.29) is 67.4 Å². The number of fused-ring (bicyclic) bond motifs is 14. The van der Waals surface area contributed by atoms with Crippen molar-refractivity contribution < 1.29 is 19.2 Å².